The average Bonchev–Trinajstić information content (AvgIpc) is 2.72. The van der Waals surface area contributed by atoms with Crippen molar-refractivity contribution in [3.05, 3.63) is 18.0 Å². The number of rotatable bonds is 5. The van der Waals surface area contributed by atoms with Gasteiger partial charge in [0.05, 0.1) is 6.20 Å². The maximum Gasteiger partial charge on any atom is 0.325 e. The van der Waals surface area contributed by atoms with Crippen LogP contribution in [-0.4, -0.2) is 26.9 Å². The lowest BCUT2D eigenvalue weighted by Gasteiger charge is -2.21. The Kier molecular flexibility index (Phi) is 4.96. The van der Waals surface area contributed by atoms with Crippen LogP contribution in [0.4, 0.5) is 0 Å². The summed E-state index contributed by atoms with van der Waals surface area (Å²) in [4.78, 5) is 11.5. The number of hydrogen-bond donors (Lipinski definition) is 2. The number of aryl methyl sites for hydroxylation is 1. The highest BCUT2D eigenvalue weighted by Gasteiger charge is 2.25. The van der Waals surface area contributed by atoms with Crippen LogP contribution in [0.2, 0.25) is 0 Å². The van der Waals surface area contributed by atoms with Gasteiger partial charge < -0.3 is 5.11 Å². The summed E-state index contributed by atoms with van der Waals surface area (Å²) in [6.07, 6.45) is 10.6. The van der Waals surface area contributed by atoms with E-state index >= 15 is 0 Å². The molecule has 1 aliphatic carbocycles. The van der Waals surface area contributed by atoms with Crippen molar-refractivity contribution in [2.45, 2.75) is 64.1 Å². The fourth-order valence-corrected chi connectivity index (χ4v) is 2.69. The van der Waals surface area contributed by atoms with E-state index in [0.29, 0.717) is 6.04 Å². The Bertz CT molecular complexity index is 409. The van der Waals surface area contributed by atoms with Crippen molar-refractivity contribution in [1.29, 1.82) is 0 Å². The average molecular weight is 265 g/mol. The number of carboxylic acids is 1. The molecule has 0 saturated heterocycles. The van der Waals surface area contributed by atoms with Gasteiger partial charge in [-0.1, -0.05) is 25.7 Å². The molecular formula is C14H23N3O2. The molecule has 0 aromatic carbocycles. The van der Waals surface area contributed by atoms with Gasteiger partial charge in [-0.25, -0.2) is 0 Å². The minimum Gasteiger partial charge on any atom is -0.480 e. The molecule has 0 aliphatic heterocycles. The minimum absolute atomic E-state index is 0.313. The summed E-state index contributed by atoms with van der Waals surface area (Å²) in [5, 5.41) is 16.9. The fourth-order valence-electron chi connectivity index (χ4n) is 2.69. The Labute approximate surface area is 114 Å². The Balaban J connectivity index is 2.04. The number of aromatic nitrogens is 2. The summed E-state index contributed by atoms with van der Waals surface area (Å²) < 4.78 is 1.76. The predicted molar refractivity (Wildman–Crippen MR) is 72.9 cm³/mol. The first kappa shape index (κ1) is 14.1. The largest absolute Gasteiger partial charge is 0.480 e. The van der Waals surface area contributed by atoms with Gasteiger partial charge in [0.1, 0.15) is 6.04 Å². The van der Waals surface area contributed by atoms with E-state index in [4.69, 9.17) is 0 Å². The maximum atomic E-state index is 11.5. The van der Waals surface area contributed by atoms with Crippen LogP contribution in [0.25, 0.3) is 0 Å². The van der Waals surface area contributed by atoms with Crippen LogP contribution in [0.3, 0.4) is 0 Å². The number of aliphatic carboxylic acids is 1. The zero-order chi connectivity index (χ0) is 13.7. The normalized spacial score (nSPS) is 19.0. The highest BCUT2D eigenvalue weighted by molar-refractivity contribution is 5.75. The van der Waals surface area contributed by atoms with Crippen LogP contribution < -0.4 is 5.32 Å². The molecule has 0 amide bonds. The van der Waals surface area contributed by atoms with Crippen LogP contribution in [0, 0.1) is 0 Å². The summed E-state index contributed by atoms with van der Waals surface area (Å²) in [6.45, 7) is 2.75. The Morgan fingerprint density at radius 3 is 2.68 bits per heavy atom. The number of nitrogens with zero attached hydrogens (tertiary/aromatic N) is 2. The van der Waals surface area contributed by atoms with Gasteiger partial charge in [-0.15, -0.1) is 0 Å². The highest BCUT2D eigenvalue weighted by atomic mass is 16.4. The minimum atomic E-state index is -0.820. The molecule has 5 nitrogen and oxygen atoms in total. The van der Waals surface area contributed by atoms with Crippen LogP contribution in [0.5, 0.6) is 0 Å². The van der Waals surface area contributed by atoms with Crippen molar-refractivity contribution in [2.24, 2.45) is 0 Å². The monoisotopic (exact) mass is 265 g/mol. The molecule has 1 saturated carbocycles. The molecule has 19 heavy (non-hydrogen) atoms. The Hall–Kier alpha value is -1.36. The first-order chi connectivity index (χ1) is 9.20. The second-order valence-electron chi connectivity index (χ2n) is 5.26. The molecule has 5 heteroatoms. The molecule has 1 atom stereocenters. The standard InChI is InChI=1S/C14H23N3O2/c1-2-17-10-11(9-15-17)13(14(18)19)16-12-7-5-3-4-6-8-12/h9-10,12-13,16H,2-8H2,1H3,(H,18,19). The summed E-state index contributed by atoms with van der Waals surface area (Å²) in [7, 11) is 0. The van der Waals surface area contributed by atoms with E-state index in [1.807, 2.05) is 13.1 Å². The summed E-state index contributed by atoms with van der Waals surface area (Å²) in [5.74, 6) is -0.820. The molecule has 0 spiro atoms. The van der Waals surface area contributed by atoms with E-state index in [0.717, 1.165) is 24.9 Å². The van der Waals surface area contributed by atoms with Crippen molar-refractivity contribution in [3.63, 3.8) is 0 Å². The molecule has 1 heterocycles. The summed E-state index contributed by atoms with van der Waals surface area (Å²) in [6, 6.07) is -0.322. The van der Waals surface area contributed by atoms with Crippen LogP contribution in [0.1, 0.15) is 57.1 Å². The molecule has 1 aromatic heterocycles. The van der Waals surface area contributed by atoms with Gasteiger partial charge in [0.25, 0.3) is 0 Å². The van der Waals surface area contributed by atoms with E-state index < -0.39 is 12.0 Å². The summed E-state index contributed by atoms with van der Waals surface area (Å²) in [5.41, 5.74) is 0.749. The molecule has 2 rings (SSSR count). The Morgan fingerprint density at radius 2 is 2.16 bits per heavy atom. The Morgan fingerprint density at radius 1 is 1.47 bits per heavy atom. The lowest BCUT2D eigenvalue weighted by molar-refractivity contribution is -0.140. The second kappa shape index (κ2) is 6.70. The maximum absolute atomic E-state index is 11.5. The van der Waals surface area contributed by atoms with Crippen molar-refractivity contribution in [3.8, 4) is 0 Å². The highest BCUT2D eigenvalue weighted by Crippen LogP contribution is 2.21. The van der Waals surface area contributed by atoms with Crippen molar-refractivity contribution < 1.29 is 9.90 Å². The van der Waals surface area contributed by atoms with Gasteiger partial charge in [-0.2, -0.15) is 5.10 Å². The van der Waals surface area contributed by atoms with E-state index in [1.165, 1.54) is 25.7 Å². The molecule has 0 radical (unpaired) electrons. The van der Waals surface area contributed by atoms with Crippen LogP contribution in [0.15, 0.2) is 12.4 Å². The second-order valence-corrected chi connectivity index (χ2v) is 5.26. The number of carboxylic acid groups (broad SMARTS) is 1. The molecule has 1 unspecified atom stereocenters. The number of nitrogens with one attached hydrogen (secondary N) is 1. The topological polar surface area (TPSA) is 67.2 Å². The zero-order valence-electron chi connectivity index (χ0n) is 11.5. The van der Waals surface area contributed by atoms with E-state index in [9.17, 15) is 9.90 Å². The van der Waals surface area contributed by atoms with Gasteiger partial charge in [-0.05, 0) is 19.8 Å². The zero-order valence-corrected chi connectivity index (χ0v) is 11.5. The van der Waals surface area contributed by atoms with E-state index in [2.05, 4.69) is 10.4 Å². The third-order valence-corrected chi connectivity index (χ3v) is 3.82. The third-order valence-electron chi connectivity index (χ3n) is 3.82. The van der Waals surface area contributed by atoms with E-state index in [1.54, 1.807) is 10.9 Å². The van der Waals surface area contributed by atoms with Gasteiger partial charge in [0, 0.05) is 24.3 Å². The lowest BCUT2D eigenvalue weighted by Crippen LogP contribution is -2.36. The van der Waals surface area contributed by atoms with Gasteiger partial charge in [-0.3, -0.25) is 14.8 Å². The summed E-state index contributed by atoms with van der Waals surface area (Å²) >= 11 is 0. The molecule has 2 N–H and O–H groups in total. The molecule has 1 aliphatic rings. The molecule has 106 valence electrons. The van der Waals surface area contributed by atoms with Crippen LogP contribution >= 0.6 is 0 Å². The van der Waals surface area contributed by atoms with Gasteiger partial charge >= 0.3 is 5.97 Å². The first-order valence-electron chi connectivity index (χ1n) is 7.22. The third kappa shape index (κ3) is 3.80. The molecule has 1 fully saturated rings. The fraction of sp³-hybridized carbons (Fsp3) is 0.714. The van der Waals surface area contributed by atoms with Crippen molar-refractivity contribution in [1.82, 2.24) is 15.1 Å². The van der Waals surface area contributed by atoms with Gasteiger partial charge in [0.2, 0.25) is 0 Å². The van der Waals surface area contributed by atoms with Crippen molar-refractivity contribution >= 4 is 5.97 Å². The quantitative estimate of drug-likeness (QED) is 0.802. The lowest BCUT2D eigenvalue weighted by atomic mass is 10.1. The number of hydrogen-bond acceptors (Lipinski definition) is 3. The van der Waals surface area contributed by atoms with Gasteiger partial charge in [0.15, 0.2) is 0 Å². The molecule has 0 bridgehead atoms. The van der Waals surface area contributed by atoms with Crippen LogP contribution in [-0.2, 0) is 11.3 Å². The predicted octanol–water partition coefficient (Wildman–Crippen LogP) is 2.34. The molecular weight excluding hydrogens is 242 g/mol. The molecule has 1 aromatic rings. The SMILES string of the molecule is CCn1cc(C(NC2CCCCCC2)C(=O)O)cn1. The number of carbonyl (C=O) groups is 1. The smallest absolute Gasteiger partial charge is 0.325 e. The van der Waals surface area contributed by atoms with E-state index in [-0.39, 0.29) is 0 Å². The first-order valence-corrected chi connectivity index (χ1v) is 7.22. The van der Waals surface area contributed by atoms with Crippen molar-refractivity contribution in [2.75, 3.05) is 0 Å².